The highest BCUT2D eigenvalue weighted by atomic mass is 16.6. The van der Waals surface area contributed by atoms with Crippen LogP contribution in [0, 0.1) is 0 Å². The van der Waals surface area contributed by atoms with Crippen LogP contribution in [-0.2, 0) is 9.53 Å². The summed E-state index contributed by atoms with van der Waals surface area (Å²) in [6, 6.07) is 0. The molecule has 0 bridgehead atoms. The highest BCUT2D eigenvalue weighted by molar-refractivity contribution is 5.66. The van der Waals surface area contributed by atoms with Crippen molar-refractivity contribution in [1.29, 1.82) is 0 Å². The third-order valence-electron chi connectivity index (χ3n) is 3.54. The van der Waals surface area contributed by atoms with Crippen LogP contribution >= 0.6 is 0 Å². The predicted molar refractivity (Wildman–Crippen MR) is 96.8 cm³/mol. The van der Waals surface area contributed by atoms with E-state index < -0.39 is 5.97 Å². The first-order valence-electron chi connectivity index (χ1n) is 8.52. The number of rotatable bonds is 12. The van der Waals surface area contributed by atoms with Crippen LogP contribution in [0.3, 0.4) is 0 Å². The molecule has 132 valence electrons. The Morgan fingerprint density at radius 2 is 1.83 bits per heavy atom. The number of aliphatic carboxylic acids is 1. The van der Waals surface area contributed by atoms with Gasteiger partial charge in [-0.2, -0.15) is 0 Å². The summed E-state index contributed by atoms with van der Waals surface area (Å²) in [6.45, 7) is 1.94. The molecule has 2 N–H and O–H groups in total. The monoisotopic (exact) mass is 332 g/mol. The third-order valence-corrected chi connectivity index (χ3v) is 3.54. The Kier molecular flexibility index (Phi) is 10.5. The fourth-order valence-corrected chi connectivity index (χ4v) is 2.04. The average molecular weight is 332 g/mol. The normalized spacial score (nSPS) is 22.6. The smallest absolute Gasteiger partial charge is 0.303 e. The lowest BCUT2D eigenvalue weighted by Crippen LogP contribution is -1.97. The van der Waals surface area contributed by atoms with Gasteiger partial charge in [-0.05, 0) is 25.7 Å². The maximum atomic E-state index is 10.4. The van der Waals surface area contributed by atoms with Gasteiger partial charge in [-0.1, -0.05) is 67.7 Å². The molecule has 1 rings (SSSR count). The van der Waals surface area contributed by atoms with Crippen molar-refractivity contribution in [3.63, 3.8) is 0 Å². The van der Waals surface area contributed by atoms with Gasteiger partial charge in [-0.25, -0.2) is 0 Å². The van der Waals surface area contributed by atoms with Crippen molar-refractivity contribution in [2.45, 2.75) is 57.3 Å². The zero-order valence-corrected chi connectivity index (χ0v) is 14.3. The van der Waals surface area contributed by atoms with E-state index in [9.17, 15) is 9.90 Å². The maximum Gasteiger partial charge on any atom is 0.303 e. The van der Waals surface area contributed by atoms with Crippen LogP contribution < -0.4 is 0 Å². The number of hydrogen-bond donors (Lipinski definition) is 2. The lowest BCUT2D eigenvalue weighted by molar-refractivity contribution is -0.137. The van der Waals surface area contributed by atoms with Gasteiger partial charge in [0.2, 0.25) is 0 Å². The van der Waals surface area contributed by atoms with Gasteiger partial charge in [-0.15, -0.1) is 0 Å². The summed E-state index contributed by atoms with van der Waals surface area (Å²) in [7, 11) is 0. The highest BCUT2D eigenvalue weighted by Gasteiger charge is 2.35. The van der Waals surface area contributed by atoms with Crippen LogP contribution in [0.5, 0.6) is 0 Å². The van der Waals surface area contributed by atoms with Crippen LogP contribution in [0.1, 0.15) is 39.0 Å². The van der Waals surface area contributed by atoms with Gasteiger partial charge in [0.1, 0.15) is 6.10 Å². The van der Waals surface area contributed by atoms with E-state index in [0.29, 0.717) is 6.42 Å². The summed E-state index contributed by atoms with van der Waals surface area (Å²) in [5.74, 6) is -0.748. The summed E-state index contributed by atoms with van der Waals surface area (Å²) < 4.78 is 5.44. The van der Waals surface area contributed by atoms with Crippen molar-refractivity contribution in [2.24, 2.45) is 0 Å². The van der Waals surface area contributed by atoms with Crippen LogP contribution in [0.15, 0.2) is 60.8 Å². The van der Waals surface area contributed by atoms with Crippen molar-refractivity contribution in [1.82, 2.24) is 0 Å². The standard InChI is InChI=1S/C20H28O4/c1-2-17(21)13-10-8-6-4-3-5-7-9-11-14-18-19(24-18)15-12-16-20(22)23/h3,5-11,13-14,17-19,21H,2,4,12,15-16H2,1H3,(H,22,23)/b5-3-,8-6-,9-7+,13-10+,14-11+/t17-,18-,19-/m0/s1. The van der Waals surface area contributed by atoms with E-state index >= 15 is 0 Å². The minimum Gasteiger partial charge on any atom is -0.481 e. The molecule has 0 aromatic heterocycles. The average Bonchev–Trinajstić information content (AvgIpc) is 3.30. The molecule has 0 amide bonds. The number of ether oxygens (including phenoxy) is 1. The fourth-order valence-electron chi connectivity index (χ4n) is 2.04. The Morgan fingerprint density at radius 1 is 1.12 bits per heavy atom. The zero-order chi connectivity index (χ0) is 17.6. The van der Waals surface area contributed by atoms with Crippen LogP contribution in [0.25, 0.3) is 0 Å². The molecule has 1 saturated heterocycles. The Morgan fingerprint density at radius 3 is 2.54 bits per heavy atom. The van der Waals surface area contributed by atoms with E-state index in [4.69, 9.17) is 9.84 Å². The second kappa shape index (κ2) is 12.5. The van der Waals surface area contributed by atoms with Gasteiger partial charge in [0.15, 0.2) is 0 Å². The third kappa shape index (κ3) is 10.8. The van der Waals surface area contributed by atoms with Gasteiger partial charge in [0, 0.05) is 6.42 Å². The Hall–Kier alpha value is -1.91. The molecule has 0 aromatic rings. The number of aliphatic hydroxyl groups excluding tert-OH is 1. The van der Waals surface area contributed by atoms with Crippen molar-refractivity contribution in [3.8, 4) is 0 Å². The molecule has 1 fully saturated rings. The summed E-state index contributed by atoms with van der Waals surface area (Å²) in [4.78, 5) is 10.4. The van der Waals surface area contributed by atoms with Crippen molar-refractivity contribution in [3.05, 3.63) is 60.8 Å². The summed E-state index contributed by atoms with van der Waals surface area (Å²) in [6.07, 6.45) is 22.7. The molecule has 0 radical (unpaired) electrons. The van der Waals surface area contributed by atoms with Crippen molar-refractivity contribution >= 4 is 5.97 Å². The van der Waals surface area contributed by atoms with Crippen LogP contribution in [0.4, 0.5) is 0 Å². The number of aliphatic hydroxyl groups is 1. The molecular formula is C20H28O4. The molecule has 0 aromatic carbocycles. The fraction of sp³-hybridized carbons (Fsp3) is 0.450. The molecular weight excluding hydrogens is 304 g/mol. The first-order valence-corrected chi connectivity index (χ1v) is 8.52. The number of carbonyl (C=O) groups is 1. The number of hydrogen-bond acceptors (Lipinski definition) is 3. The lowest BCUT2D eigenvalue weighted by atomic mass is 10.1. The van der Waals surface area contributed by atoms with Gasteiger partial charge < -0.3 is 14.9 Å². The molecule has 1 aliphatic rings. The zero-order valence-electron chi connectivity index (χ0n) is 14.3. The molecule has 3 atom stereocenters. The topological polar surface area (TPSA) is 70.1 Å². The summed E-state index contributed by atoms with van der Waals surface area (Å²) >= 11 is 0. The summed E-state index contributed by atoms with van der Waals surface area (Å²) in [5.41, 5.74) is 0. The molecule has 0 saturated carbocycles. The maximum absolute atomic E-state index is 10.4. The van der Waals surface area contributed by atoms with Crippen molar-refractivity contribution < 1.29 is 19.7 Å². The molecule has 1 aliphatic heterocycles. The first-order chi connectivity index (χ1) is 11.6. The molecule has 0 aliphatic carbocycles. The summed E-state index contributed by atoms with van der Waals surface area (Å²) in [5, 5.41) is 17.9. The predicted octanol–water partition coefficient (Wildman–Crippen LogP) is 3.95. The number of allylic oxidation sites excluding steroid dienone is 8. The largest absolute Gasteiger partial charge is 0.481 e. The Bertz CT molecular complexity index is 500. The number of carboxylic acid groups (broad SMARTS) is 1. The van der Waals surface area contributed by atoms with Crippen LogP contribution in [0.2, 0.25) is 0 Å². The van der Waals surface area contributed by atoms with Crippen molar-refractivity contribution in [2.75, 3.05) is 0 Å². The minimum absolute atomic E-state index is 0.139. The van der Waals surface area contributed by atoms with Crippen LogP contribution in [-0.4, -0.2) is 34.5 Å². The van der Waals surface area contributed by atoms with E-state index in [-0.39, 0.29) is 24.7 Å². The molecule has 4 nitrogen and oxygen atoms in total. The minimum atomic E-state index is -0.748. The van der Waals surface area contributed by atoms with E-state index in [0.717, 1.165) is 19.3 Å². The van der Waals surface area contributed by atoms with Gasteiger partial charge in [0.25, 0.3) is 0 Å². The number of epoxide rings is 1. The number of carboxylic acids is 1. The Balaban J connectivity index is 2.06. The van der Waals surface area contributed by atoms with E-state index in [1.165, 1.54) is 0 Å². The molecule has 4 heteroatoms. The lowest BCUT2D eigenvalue weighted by Gasteiger charge is -1.95. The van der Waals surface area contributed by atoms with E-state index in [2.05, 4.69) is 0 Å². The Labute approximate surface area is 144 Å². The highest BCUT2D eigenvalue weighted by Crippen LogP contribution is 2.28. The van der Waals surface area contributed by atoms with Gasteiger partial charge >= 0.3 is 5.97 Å². The van der Waals surface area contributed by atoms with E-state index in [1.807, 2.05) is 61.6 Å². The SMILES string of the molecule is CC[C@H](O)/C=C/C=C\C\C=C/C=C/C=C/[C@@H]1O[C@H]1CCCC(=O)O. The molecule has 0 unspecified atom stereocenters. The van der Waals surface area contributed by atoms with Gasteiger partial charge in [-0.3, -0.25) is 4.79 Å². The second-order valence-corrected chi connectivity index (χ2v) is 5.65. The molecule has 24 heavy (non-hydrogen) atoms. The quantitative estimate of drug-likeness (QED) is 0.419. The first kappa shape index (κ1) is 20.1. The van der Waals surface area contributed by atoms with Gasteiger partial charge in [0.05, 0.1) is 12.2 Å². The van der Waals surface area contributed by atoms with E-state index in [1.54, 1.807) is 6.08 Å². The molecule has 1 heterocycles. The second-order valence-electron chi connectivity index (χ2n) is 5.65. The molecule has 0 spiro atoms.